The lowest BCUT2D eigenvalue weighted by molar-refractivity contribution is -0.139. The van der Waals surface area contributed by atoms with E-state index in [0.29, 0.717) is 5.56 Å². The van der Waals surface area contributed by atoms with Gasteiger partial charge in [-0.1, -0.05) is 47.7 Å². The Labute approximate surface area is 183 Å². The fourth-order valence-corrected chi connectivity index (χ4v) is 4.05. The van der Waals surface area contributed by atoms with Gasteiger partial charge in [-0.25, -0.2) is 4.79 Å². The number of carboxylic acids is 1. The molecule has 1 amide bonds. The molecule has 1 heterocycles. The maximum absolute atomic E-state index is 13.4. The molecule has 0 spiro atoms. The van der Waals surface area contributed by atoms with Crippen LogP contribution >= 0.6 is 35.6 Å². The normalized spacial score (nSPS) is 15.7. The van der Waals surface area contributed by atoms with Gasteiger partial charge >= 0.3 is 12.1 Å². The van der Waals surface area contributed by atoms with Crippen LogP contribution in [0.4, 0.5) is 18.9 Å². The Morgan fingerprint density at radius 2 is 2.00 bits per heavy atom. The molecule has 1 saturated heterocycles. The van der Waals surface area contributed by atoms with E-state index in [2.05, 4.69) is 0 Å². The highest BCUT2D eigenvalue weighted by Gasteiger charge is 2.41. The average molecular weight is 474 g/mol. The highest BCUT2D eigenvalue weighted by molar-refractivity contribution is 8.27. The second-order valence-corrected chi connectivity index (χ2v) is 8.04. The molecule has 0 radical (unpaired) electrons. The number of thiocarbonyl (C=S) groups is 1. The van der Waals surface area contributed by atoms with Crippen LogP contribution < -0.4 is 9.64 Å². The van der Waals surface area contributed by atoms with Gasteiger partial charge in [0, 0.05) is 5.02 Å². The second-order valence-electron chi connectivity index (χ2n) is 5.93. The lowest BCUT2D eigenvalue weighted by atomic mass is 10.1. The van der Waals surface area contributed by atoms with E-state index in [-0.39, 0.29) is 20.0 Å². The van der Waals surface area contributed by atoms with E-state index in [1.165, 1.54) is 24.3 Å². The molecule has 0 saturated carbocycles. The van der Waals surface area contributed by atoms with Gasteiger partial charge in [0.25, 0.3) is 5.91 Å². The van der Waals surface area contributed by atoms with Crippen LogP contribution in [0.25, 0.3) is 6.08 Å². The van der Waals surface area contributed by atoms with Crippen molar-refractivity contribution in [2.45, 2.75) is 6.18 Å². The largest absolute Gasteiger partial charge is 0.482 e. The average Bonchev–Trinajstić information content (AvgIpc) is 2.93. The molecule has 1 aliphatic heterocycles. The summed E-state index contributed by atoms with van der Waals surface area (Å²) in [5, 5.41) is 8.56. The Hall–Kier alpha value is -2.56. The first-order chi connectivity index (χ1) is 14.1. The van der Waals surface area contributed by atoms with Gasteiger partial charge in [0.05, 0.1) is 16.2 Å². The first-order valence-corrected chi connectivity index (χ1v) is 9.76. The Balaban J connectivity index is 1.93. The van der Waals surface area contributed by atoms with Gasteiger partial charge in [0.2, 0.25) is 0 Å². The zero-order valence-corrected chi connectivity index (χ0v) is 17.2. The molecule has 0 bridgehead atoms. The predicted molar refractivity (Wildman–Crippen MR) is 112 cm³/mol. The van der Waals surface area contributed by atoms with Crippen LogP contribution in [0.15, 0.2) is 47.4 Å². The molecule has 2 aromatic carbocycles. The van der Waals surface area contributed by atoms with Crippen molar-refractivity contribution < 1.29 is 32.6 Å². The Morgan fingerprint density at radius 3 is 2.67 bits per heavy atom. The number of thioether (sulfide) groups is 1. The molecule has 0 unspecified atom stereocenters. The second kappa shape index (κ2) is 8.66. The summed E-state index contributed by atoms with van der Waals surface area (Å²) in [4.78, 5) is 24.4. The lowest BCUT2D eigenvalue weighted by Gasteiger charge is -2.20. The van der Waals surface area contributed by atoms with Crippen molar-refractivity contribution >= 4 is 63.5 Å². The predicted octanol–water partition coefficient (Wildman–Crippen LogP) is 5.23. The molecule has 30 heavy (non-hydrogen) atoms. The molecule has 0 aliphatic carbocycles. The lowest BCUT2D eigenvalue weighted by Crippen LogP contribution is -2.29. The van der Waals surface area contributed by atoms with Crippen LogP contribution in [0.2, 0.25) is 5.02 Å². The summed E-state index contributed by atoms with van der Waals surface area (Å²) in [6.45, 7) is -0.539. The maximum atomic E-state index is 13.4. The fraction of sp³-hybridized carbons (Fsp3) is 0.105. The summed E-state index contributed by atoms with van der Waals surface area (Å²) in [6, 6.07) is 9.33. The number of nitrogens with zero attached hydrogens (tertiary/aromatic N) is 1. The molecular weight excluding hydrogens is 463 g/mol. The number of halogens is 4. The van der Waals surface area contributed by atoms with Gasteiger partial charge < -0.3 is 9.84 Å². The molecule has 5 nitrogen and oxygen atoms in total. The van der Waals surface area contributed by atoms with Crippen LogP contribution in [0.5, 0.6) is 5.75 Å². The molecule has 11 heteroatoms. The van der Waals surface area contributed by atoms with E-state index in [4.69, 9.17) is 33.7 Å². The highest BCUT2D eigenvalue weighted by atomic mass is 35.5. The number of hydrogen-bond acceptors (Lipinski definition) is 5. The number of alkyl halides is 3. The number of rotatable bonds is 5. The Kier molecular flexibility index (Phi) is 6.39. The molecule has 1 fully saturated rings. The zero-order valence-electron chi connectivity index (χ0n) is 14.8. The van der Waals surface area contributed by atoms with Gasteiger partial charge in [0.1, 0.15) is 5.75 Å². The van der Waals surface area contributed by atoms with Crippen molar-refractivity contribution in [2.75, 3.05) is 11.5 Å². The summed E-state index contributed by atoms with van der Waals surface area (Å²) >= 11 is 11.7. The molecule has 0 aromatic heterocycles. The molecule has 3 rings (SSSR count). The van der Waals surface area contributed by atoms with Gasteiger partial charge in [-0.2, -0.15) is 13.2 Å². The van der Waals surface area contributed by atoms with Crippen LogP contribution in [0.3, 0.4) is 0 Å². The van der Waals surface area contributed by atoms with Gasteiger partial charge in [-0.3, -0.25) is 9.69 Å². The van der Waals surface area contributed by atoms with E-state index in [0.717, 1.165) is 28.8 Å². The third kappa shape index (κ3) is 4.94. The van der Waals surface area contributed by atoms with Crippen LogP contribution in [-0.2, 0) is 15.8 Å². The number of ether oxygens (including phenoxy) is 1. The van der Waals surface area contributed by atoms with Crippen LogP contribution in [-0.4, -0.2) is 27.9 Å². The van der Waals surface area contributed by atoms with Crippen molar-refractivity contribution in [3.8, 4) is 5.75 Å². The van der Waals surface area contributed by atoms with Crippen molar-refractivity contribution in [1.29, 1.82) is 0 Å². The first kappa shape index (κ1) is 22.1. The number of carbonyl (C=O) groups is 2. The highest BCUT2D eigenvalue weighted by Crippen LogP contribution is 2.43. The number of carbonyl (C=O) groups excluding carboxylic acids is 1. The van der Waals surface area contributed by atoms with Crippen LogP contribution in [0.1, 0.15) is 11.1 Å². The number of amides is 1. The van der Waals surface area contributed by atoms with Crippen molar-refractivity contribution in [2.24, 2.45) is 0 Å². The topological polar surface area (TPSA) is 66.8 Å². The Morgan fingerprint density at radius 1 is 1.27 bits per heavy atom. The van der Waals surface area contributed by atoms with E-state index in [9.17, 15) is 22.8 Å². The minimum absolute atomic E-state index is 0.0580. The summed E-state index contributed by atoms with van der Waals surface area (Å²) in [6.07, 6.45) is -3.29. The van der Waals surface area contributed by atoms with E-state index in [1.54, 1.807) is 12.1 Å². The number of aliphatic carboxylic acids is 1. The molecule has 156 valence electrons. The molecular formula is C19H11ClF3NO4S2. The monoisotopic (exact) mass is 473 g/mol. The molecule has 1 N–H and O–H groups in total. The Bertz CT molecular complexity index is 1070. The van der Waals surface area contributed by atoms with Gasteiger partial charge in [0.15, 0.2) is 10.9 Å². The minimum Gasteiger partial charge on any atom is -0.482 e. The summed E-state index contributed by atoms with van der Waals surface area (Å²) in [5.41, 5.74) is -0.988. The van der Waals surface area contributed by atoms with Gasteiger partial charge in [-0.15, -0.1) is 0 Å². The third-order valence-corrected chi connectivity index (χ3v) is 5.35. The SMILES string of the molecule is O=C(O)COc1cccc(/C=C2/SC(=S)N(c3ccc(Cl)cc3C(F)(F)F)C2=O)c1. The number of carboxylic acid groups (broad SMARTS) is 1. The molecule has 2 aromatic rings. The summed E-state index contributed by atoms with van der Waals surface area (Å²) < 4.78 is 45.3. The van der Waals surface area contributed by atoms with E-state index in [1.807, 2.05) is 0 Å². The zero-order chi connectivity index (χ0) is 22.1. The van der Waals surface area contributed by atoms with E-state index >= 15 is 0 Å². The smallest absolute Gasteiger partial charge is 0.418 e. The maximum Gasteiger partial charge on any atom is 0.418 e. The third-order valence-electron chi connectivity index (χ3n) is 3.82. The number of anilines is 1. The van der Waals surface area contributed by atoms with E-state index < -0.39 is 35.9 Å². The molecule has 1 aliphatic rings. The fourth-order valence-electron chi connectivity index (χ4n) is 2.60. The van der Waals surface area contributed by atoms with Crippen molar-refractivity contribution in [3.05, 3.63) is 63.5 Å². The summed E-state index contributed by atoms with van der Waals surface area (Å²) in [5.74, 6) is -1.60. The van der Waals surface area contributed by atoms with Crippen LogP contribution in [0, 0.1) is 0 Å². The van der Waals surface area contributed by atoms with Gasteiger partial charge in [-0.05, 0) is 42.0 Å². The standard InChI is InChI=1S/C19H11ClF3NO4S2/c20-11-4-5-14(13(8-11)19(21,22)23)24-17(27)15(30-18(24)29)7-10-2-1-3-12(6-10)28-9-16(25)26/h1-8H,9H2,(H,25,26)/b15-7+. The van der Waals surface area contributed by atoms with Crippen molar-refractivity contribution in [1.82, 2.24) is 0 Å². The summed E-state index contributed by atoms with van der Waals surface area (Å²) in [7, 11) is 0. The van der Waals surface area contributed by atoms with Crippen molar-refractivity contribution in [3.63, 3.8) is 0 Å². The minimum atomic E-state index is -4.73. The number of benzene rings is 2. The molecule has 0 atom stereocenters. The number of hydrogen-bond donors (Lipinski definition) is 1. The quantitative estimate of drug-likeness (QED) is 0.474. The first-order valence-electron chi connectivity index (χ1n) is 8.15.